The standard InChI is InChI=1S/C20H19N7O2/c1-29-18-5-3-2-4-15(18)12-27-19(6-7-23-27)25-20(28)13-26-11-17(10-24-26)16-8-21-14-22-9-16/h2-11,14H,12-13H2,1H3,(H,25,28). The predicted octanol–water partition coefficient (Wildman–Crippen LogP) is 2.23. The topological polar surface area (TPSA) is 99.8 Å². The Labute approximate surface area is 167 Å². The van der Waals surface area contributed by atoms with E-state index in [9.17, 15) is 4.79 Å². The summed E-state index contributed by atoms with van der Waals surface area (Å²) in [5.74, 6) is 1.17. The van der Waals surface area contributed by atoms with E-state index in [4.69, 9.17) is 4.74 Å². The van der Waals surface area contributed by atoms with Gasteiger partial charge < -0.3 is 10.1 Å². The van der Waals surface area contributed by atoms with Gasteiger partial charge >= 0.3 is 0 Å². The van der Waals surface area contributed by atoms with E-state index in [1.54, 1.807) is 53.5 Å². The first-order valence-electron chi connectivity index (χ1n) is 8.94. The lowest BCUT2D eigenvalue weighted by molar-refractivity contribution is -0.116. The highest BCUT2D eigenvalue weighted by atomic mass is 16.5. The highest BCUT2D eigenvalue weighted by molar-refractivity contribution is 5.89. The van der Waals surface area contributed by atoms with Gasteiger partial charge in [0.1, 0.15) is 24.4 Å². The van der Waals surface area contributed by atoms with Crippen LogP contribution in [0.4, 0.5) is 5.82 Å². The molecule has 0 aliphatic carbocycles. The molecule has 0 saturated carbocycles. The number of benzene rings is 1. The largest absolute Gasteiger partial charge is 0.496 e. The van der Waals surface area contributed by atoms with Crippen LogP contribution in [0.25, 0.3) is 11.1 Å². The molecule has 29 heavy (non-hydrogen) atoms. The monoisotopic (exact) mass is 389 g/mol. The number of nitrogens with one attached hydrogen (secondary N) is 1. The Balaban J connectivity index is 1.42. The zero-order chi connectivity index (χ0) is 20.1. The molecule has 0 fully saturated rings. The minimum absolute atomic E-state index is 0.0769. The second-order valence-corrected chi connectivity index (χ2v) is 6.29. The van der Waals surface area contributed by atoms with Crippen molar-refractivity contribution >= 4 is 11.7 Å². The molecule has 0 bridgehead atoms. The van der Waals surface area contributed by atoms with Crippen LogP contribution in [0, 0.1) is 0 Å². The molecular weight excluding hydrogens is 370 g/mol. The van der Waals surface area contributed by atoms with Crippen molar-refractivity contribution in [2.45, 2.75) is 13.1 Å². The van der Waals surface area contributed by atoms with Crippen molar-refractivity contribution in [3.8, 4) is 16.9 Å². The van der Waals surface area contributed by atoms with Crippen molar-refractivity contribution in [1.82, 2.24) is 29.5 Å². The minimum atomic E-state index is -0.203. The number of amides is 1. The third-order valence-corrected chi connectivity index (χ3v) is 4.33. The first-order chi connectivity index (χ1) is 14.2. The van der Waals surface area contributed by atoms with Crippen molar-refractivity contribution < 1.29 is 9.53 Å². The van der Waals surface area contributed by atoms with Crippen LogP contribution in [-0.2, 0) is 17.9 Å². The van der Waals surface area contributed by atoms with E-state index >= 15 is 0 Å². The highest BCUT2D eigenvalue weighted by Gasteiger charge is 2.11. The molecule has 4 rings (SSSR count). The molecule has 146 valence electrons. The van der Waals surface area contributed by atoms with Crippen LogP contribution < -0.4 is 10.1 Å². The summed E-state index contributed by atoms with van der Waals surface area (Å²) in [7, 11) is 1.63. The summed E-state index contributed by atoms with van der Waals surface area (Å²) in [6.45, 7) is 0.556. The number of carbonyl (C=O) groups excluding carboxylic acids is 1. The molecule has 1 aromatic carbocycles. The Morgan fingerprint density at radius 1 is 1.07 bits per heavy atom. The molecule has 1 N–H and O–H groups in total. The maximum atomic E-state index is 12.5. The van der Waals surface area contributed by atoms with Crippen LogP contribution in [0.1, 0.15) is 5.56 Å². The molecule has 0 atom stereocenters. The Hall–Kier alpha value is -4.01. The highest BCUT2D eigenvalue weighted by Crippen LogP contribution is 2.20. The van der Waals surface area contributed by atoms with Crippen molar-refractivity contribution in [2.75, 3.05) is 12.4 Å². The fourth-order valence-electron chi connectivity index (χ4n) is 2.94. The van der Waals surface area contributed by atoms with E-state index in [0.717, 1.165) is 22.4 Å². The van der Waals surface area contributed by atoms with E-state index in [-0.39, 0.29) is 12.5 Å². The van der Waals surface area contributed by atoms with Crippen molar-refractivity contribution in [1.29, 1.82) is 0 Å². The van der Waals surface area contributed by atoms with Gasteiger partial charge in [-0.2, -0.15) is 10.2 Å². The number of rotatable bonds is 7. The number of para-hydroxylation sites is 1. The van der Waals surface area contributed by atoms with Gasteiger partial charge in [-0.15, -0.1) is 0 Å². The minimum Gasteiger partial charge on any atom is -0.496 e. The number of hydrogen-bond donors (Lipinski definition) is 1. The SMILES string of the molecule is COc1ccccc1Cn1nccc1NC(=O)Cn1cc(-c2cncnc2)cn1. The second kappa shape index (κ2) is 8.34. The Morgan fingerprint density at radius 2 is 1.90 bits per heavy atom. The maximum Gasteiger partial charge on any atom is 0.247 e. The molecule has 9 nitrogen and oxygen atoms in total. The molecule has 1 amide bonds. The summed E-state index contributed by atoms with van der Waals surface area (Å²) in [5, 5.41) is 11.4. The van der Waals surface area contributed by atoms with Crippen LogP contribution in [0.3, 0.4) is 0 Å². The summed E-state index contributed by atoms with van der Waals surface area (Å²) in [4.78, 5) is 20.5. The average Bonchev–Trinajstić information content (AvgIpc) is 3.39. The number of methoxy groups -OCH3 is 1. The summed E-state index contributed by atoms with van der Waals surface area (Å²) in [6.07, 6.45) is 9.97. The molecule has 0 radical (unpaired) electrons. The van der Waals surface area contributed by atoms with Gasteiger partial charge in [0, 0.05) is 41.3 Å². The van der Waals surface area contributed by atoms with Gasteiger partial charge in [0.05, 0.1) is 26.0 Å². The predicted molar refractivity (Wildman–Crippen MR) is 106 cm³/mol. The summed E-state index contributed by atoms with van der Waals surface area (Å²) >= 11 is 0. The van der Waals surface area contributed by atoms with E-state index in [1.165, 1.54) is 6.33 Å². The molecular formula is C20H19N7O2. The fourth-order valence-corrected chi connectivity index (χ4v) is 2.94. The van der Waals surface area contributed by atoms with Crippen LogP contribution in [-0.4, -0.2) is 42.5 Å². The van der Waals surface area contributed by atoms with Gasteiger partial charge in [-0.1, -0.05) is 18.2 Å². The van der Waals surface area contributed by atoms with Crippen LogP contribution in [0.5, 0.6) is 5.75 Å². The molecule has 3 aromatic heterocycles. The lowest BCUT2D eigenvalue weighted by atomic mass is 10.2. The third kappa shape index (κ3) is 4.29. The number of nitrogens with zero attached hydrogens (tertiary/aromatic N) is 6. The zero-order valence-corrected chi connectivity index (χ0v) is 15.8. The van der Waals surface area contributed by atoms with E-state index in [0.29, 0.717) is 12.4 Å². The number of carbonyl (C=O) groups is 1. The van der Waals surface area contributed by atoms with E-state index < -0.39 is 0 Å². The van der Waals surface area contributed by atoms with Crippen LogP contribution >= 0.6 is 0 Å². The number of anilines is 1. The number of hydrogen-bond acceptors (Lipinski definition) is 6. The summed E-state index contributed by atoms with van der Waals surface area (Å²) < 4.78 is 8.67. The zero-order valence-electron chi connectivity index (χ0n) is 15.8. The lowest BCUT2D eigenvalue weighted by Gasteiger charge is -2.11. The summed E-state index contributed by atoms with van der Waals surface area (Å²) in [5.41, 5.74) is 2.66. The van der Waals surface area contributed by atoms with Gasteiger partial charge in [-0.05, 0) is 6.07 Å². The summed E-state index contributed by atoms with van der Waals surface area (Å²) in [6, 6.07) is 9.46. The number of aromatic nitrogens is 6. The van der Waals surface area contributed by atoms with Crippen molar-refractivity contribution in [3.05, 3.63) is 73.2 Å². The first-order valence-corrected chi connectivity index (χ1v) is 8.94. The van der Waals surface area contributed by atoms with E-state index in [2.05, 4.69) is 25.5 Å². The molecule has 3 heterocycles. The van der Waals surface area contributed by atoms with Crippen molar-refractivity contribution in [2.24, 2.45) is 0 Å². The molecule has 4 aromatic rings. The van der Waals surface area contributed by atoms with Gasteiger partial charge in [-0.25, -0.2) is 14.6 Å². The molecule has 0 aliphatic rings. The average molecular weight is 389 g/mol. The van der Waals surface area contributed by atoms with Gasteiger partial charge in [0.25, 0.3) is 0 Å². The Morgan fingerprint density at radius 3 is 2.72 bits per heavy atom. The fraction of sp³-hybridized carbons (Fsp3) is 0.150. The van der Waals surface area contributed by atoms with Crippen molar-refractivity contribution in [3.63, 3.8) is 0 Å². The second-order valence-electron chi connectivity index (χ2n) is 6.29. The Bertz CT molecular complexity index is 1100. The van der Waals surface area contributed by atoms with E-state index in [1.807, 2.05) is 24.3 Å². The van der Waals surface area contributed by atoms with Gasteiger partial charge in [-0.3, -0.25) is 9.48 Å². The first kappa shape index (κ1) is 18.4. The maximum absolute atomic E-state index is 12.5. The quantitative estimate of drug-likeness (QED) is 0.520. The van der Waals surface area contributed by atoms with Crippen LogP contribution in [0.15, 0.2) is 67.6 Å². The van der Waals surface area contributed by atoms with Crippen LogP contribution in [0.2, 0.25) is 0 Å². The molecule has 0 spiro atoms. The Kier molecular flexibility index (Phi) is 5.28. The third-order valence-electron chi connectivity index (χ3n) is 4.33. The normalized spacial score (nSPS) is 10.7. The molecule has 0 saturated heterocycles. The molecule has 0 aliphatic heterocycles. The smallest absolute Gasteiger partial charge is 0.247 e. The lowest BCUT2D eigenvalue weighted by Crippen LogP contribution is -2.21. The van der Waals surface area contributed by atoms with Gasteiger partial charge in [0.2, 0.25) is 5.91 Å². The number of ether oxygens (including phenoxy) is 1. The molecule has 9 heteroatoms. The van der Waals surface area contributed by atoms with Gasteiger partial charge in [0.15, 0.2) is 0 Å². The molecule has 0 unspecified atom stereocenters.